The van der Waals surface area contributed by atoms with Crippen molar-refractivity contribution >= 4 is 53.6 Å². The fourth-order valence-corrected chi connectivity index (χ4v) is 9.54. The van der Waals surface area contributed by atoms with Crippen LogP contribution in [0.1, 0.15) is 0 Å². The summed E-state index contributed by atoms with van der Waals surface area (Å²) in [5, 5.41) is 3.08. The van der Waals surface area contributed by atoms with Crippen LogP contribution in [0.3, 0.4) is 0 Å². The number of thiophene rings is 1. The van der Waals surface area contributed by atoms with E-state index in [9.17, 15) is 0 Å². The fraction of sp³-hybridized carbons (Fsp3) is 0. The lowest BCUT2D eigenvalue weighted by Crippen LogP contribution is -2.00. The van der Waals surface area contributed by atoms with E-state index < -0.39 is 0 Å². The summed E-state index contributed by atoms with van der Waals surface area (Å²) in [7, 11) is 0. The Bertz CT molecular complexity index is 3620. The van der Waals surface area contributed by atoms with Gasteiger partial charge in [-0.15, -0.1) is 11.3 Å². The van der Waals surface area contributed by atoms with Crippen molar-refractivity contribution in [2.45, 2.75) is 0 Å². The van der Waals surface area contributed by atoms with Gasteiger partial charge in [-0.2, -0.15) is 0 Å². The van der Waals surface area contributed by atoms with E-state index in [0.29, 0.717) is 23.3 Å². The normalized spacial score (nSPS) is 11.5. The number of hydrogen-bond donors (Lipinski definition) is 0. The van der Waals surface area contributed by atoms with Gasteiger partial charge in [-0.25, -0.2) is 24.9 Å². The molecule has 0 saturated carbocycles. The van der Waals surface area contributed by atoms with Gasteiger partial charge in [0.2, 0.25) is 0 Å². The maximum Gasteiger partial charge on any atom is 0.164 e. The highest BCUT2D eigenvalue weighted by molar-refractivity contribution is 7.26. The Kier molecular flexibility index (Phi) is 8.57. The van der Waals surface area contributed by atoms with Gasteiger partial charge in [-0.3, -0.25) is 0 Å². The molecule has 4 aromatic heterocycles. The van der Waals surface area contributed by atoms with Gasteiger partial charge >= 0.3 is 0 Å². The molecule has 6 nitrogen and oxygen atoms in total. The lowest BCUT2D eigenvalue weighted by atomic mass is 9.99. The molecule has 62 heavy (non-hydrogen) atoms. The van der Waals surface area contributed by atoms with Crippen molar-refractivity contribution in [1.29, 1.82) is 0 Å². The Hall–Kier alpha value is -8.13. The summed E-state index contributed by atoms with van der Waals surface area (Å²) in [5.41, 5.74) is 12.4. The van der Waals surface area contributed by atoms with Crippen molar-refractivity contribution in [3.05, 3.63) is 200 Å². The maximum absolute atomic E-state index is 6.76. The summed E-state index contributed by atoms with van der Waals surface area (Å²) in [5.74, 6) is 2.47. The van der Waals surface area contributed by atoms with Crippen molar-refractivity contribution < 1.29 is 4.42 Å². The average Bonchev–Trinajstić information content (AvgIpc) is 3.93. The van der Waals surface area contributed by atoms with E-state index in [4.69, 9.17) is 29.3 Å². The molecule has 0 unspecified atom stereocenters. The van der Waals surface area contributed by atoms with Crippen LogP contribution in [0.2, 0.25) is 0 Å². The maximum atomic E-state index is 6.76. The minimum Gasteiger partial charge on any atom is -0.455 e. The first-order chi connectivity index (χ1) is 30.7. The van der Waals surface area contributed by atoms with Gasteiger partial charge in [-0.1, -0.05) is 182 Å². The zero-order valence-corrected chi connectivity index (χ0v) is 33.9. The van der Waals surface area contributed by atoms with Gasteiger partial charge in [0.05, 0.1) is 15.9 Å². The van der Waals surface area contributed by atoms with Crippen molar-refractivity contribution in [2.75, 3.05) is 0 Å². The lowest BCUT2D eigenvalue weighted by molar-refractivity contribution is 0.670. The molecule has 0 atom stereocenters. The number of rotatable bonds is 7. The smallest absolute Gasteiger partial charge is 0.164 e. The van der Waals surface area contributed by atoms with E-state index in [1.54, 1.807) is 11.3 Å². The molecule has 0 radical (unpaired) electrons. The van der Waals surface area contributed by atoms with E-state index in [0.717, 1.165) is 93.3 Å². The molecule has 0 amide bonds. The van der Waals surface area contributed by atoms with Crippen LogP contribution >= 0.6 is 11.3 Å². The van der Waals surface area contributed by atoms with Crippen molar-refractivity contribution in [2.24, 2.45) is 0 Å². The largest absolute Gasteiger partial charge is 0.455 e. The predicted octanol–water partition coefficient (Wildman–Crippen LogP) is 14.6. The zero-order valence-electron chi connectivity index (χ0n) is 33.1. The molecule has 12 aromatic rings. The van der Waals surface area contributed by atoms with Crippen LogP contribution in [0.25, 0.3) is 121 Å². The fourth-order valence-electron chi connectivity index (χ4n) is 8.38. The standard InChI is InChI=1S/C55H33N5OS/c1-4-15-34(16-5-1)39-21-12-22-40(33-39)54-58-53(37-19-8-3-9-20-37)59-55(60-54)44-26-14-27-45-47(44)43-25-13-24-41(50(43)61-45)35-29-31-38(32-30-35)52-56-48(36-17-6-2-7-18-36)51-49(57-52)42-23-10-11-28-46(42)62-51/h1-33H. The average molecular weight is 812 g/mol. The Morgan fingerprint density at radius 1 is 0.355 bits per heavy atom. The second kappa shape index (κ2) is 14.9. The van der Waals surface area contributed by atoms with Crippen LogP contribution < -0.4 is 0 Å². The van der Waals surface area contributed by atoms with E-state index in [1.165, 1.54) is 4.70 Å². The highest BCUT2D eigenvalue weighted by Gasteiger charge is 2.21. The summed E-state index contributed by atoms with van der Waals surface area (Å²) >= 11 is 1.74. The SMILES string of the molecule is c1ccc(-c2cccc(-c3nc(-c4ccccc4)nc(-c4cccc5oc6c(-c7ccc(-c8nc(-c9ccccc9)c9sc%10ccccc%10c9n8)cc7)cccc6c45)n3)c2)cc1. The number of para-hydroxylation sites is 1. The Balaban J connectivity index is 0.969. The van der Waals surface area contributed by atoms with Crippen LogP contribution in [0.4, 0.5) is 0 Å². The molecule has 0 aliphatic carbocycles. The Labute approximate surface area is 360 Å². The molecule has 0 aliphatic heterocycles. The van der Waals surface area contributed by atoms with Gasteiger partial charge in [-0.05, 0) is 34.9 Å². The molecule has 0 aliphatic rings. The number of nitrogens with zero attached hydrogens (tertiary/aromatic N) is 5. The summed E-state index contributed by atoms with van der Waals surface area (Å²) in [4.78, 5) is 25.7. The third-order valence-electron chi connectivity index (χ3n) is 11.4. The quantitative estimate of drug-likeness (QED) is 0.160. The van der Waals surface area contributed by atoms with Crippen molar-refractivity contribution in [1.82, 2.24) is 24.9 Å². The topological polar surface area (TPSA) is 77.6 Å². The van der Waals surface area contributed by atoms with Crippen molar-refractivity contribution in [3.8, 4) is 79.1 Å². The van der Waals surface area contributed by atoms with Crippen LogP contribution in [0.5, 0.6) is 0 Å². The second-order valence-corrected chi connectivity index (χ2v) is 16.2. The summed E-state index contributed by atoms with van der Waals surface area (Å²) in [6.07, 6.45) is 0. The van der Waals surface area contributed by atoms with Gasteiger partial charge in [0.1, 0.15) is 11.2 Å². The Morgan fingerprint density at radius 2 is 0.903 bits per heavy atom. The molecular formula is C55H33N5OS. The molecule has 0 fully saturated rings. The number of fused-ring (bicyclic) bond motifs is 6. The number of aromatic nitrogens is 5. The molecular weight excluding hydrogens is 779 g/mol. The second-order valence-electron chi connectivity index (χ2n) is 15.2. The first kappa shape index (κ1) is 35.8. The lowest BCUT2D eigenvalue weighted by Gasteiger charge is -2.10. The molecule has 8 aromatic carbocycles. The zero-order chi connectivity index (χ0) is 41.0. The van der Waals surface area contributed by atoms with E-state index in [1.807, 2.05) is 54.6 Å². The van der Waals surface area contributed by atoms with E-state index in [-0.39, 0.29) is 0 Å². The highest BCUT2D eigenvalue weighted by Crippen LogP contribution is 2.42. The van der Waals surface area contributed by atoms with Crippen LogP contribution in [-0.4, -0.2) is 24.9 Å². The van der Waals surface area contributed by atoms with Gasteiger partial charge in [0.25, 0.3) is 0 Å². The predicted molar refractivity (Wildman–Crippen MR) is 254 cm³/mol. The molecule has 0 bridgehead atoms. The number of benzene rings is 8. The van der Waals surface area contributed by atoms with Gasteiger partial charge in [0.15, 0.2) is 23.3 Å². The molecule has 0 N–H and O–H groups in total. The third-order valence-corrected chi connectivity index (χ3v) is 12.5. The van der Waals surface area contributed by atoms with E-state index >= 15 is 0 Å². The summed E-state index contributed by atoms with van der Waals surface area (Å²) < 4.78 is 9.05. The van der Waals surface area contributed by atoms with Gasteiger partial charge in [0, 0.05) is 54.2 Å². The summed E-state index contributed by atoms with van der Waals surface area (Å²) in [6.45, 7) is 0. The summed E-state index contributed by atoms with van der Waals surface area (Å²) in [6, 6.07) is 68.5. The molecule has 0 saturated heterocycles. The minimum atomic E-state index is 0.576. The number of hydrogen-bond acceptors (Lipinski definition) is 7. The molecule has 4 heterocycles. The first-order valence-electron chi connectivity index (χ1n) is 20.5. The number of furan rings is 1. The van der Waals surface area contributed by atoms with E-state index in [2.05, 4.69) is 146 Å². The molecule has 290 valence electrons. The first-order valence-corrected chi connectivity index (χ1v) is 21.3. The van der Waals surface area contributed by atoms with Crippen LogP contribution in [0.15, 0.2) is 205 Å². The van der Waals surface area contributed by atoms with Gasteiger partial charge < -0.3 is 4.42 Å². The minimum absolute atomic E-state index is 0.576. The molecule has 12 rings (SSSR count). The molecule has 0 spiro atoms. The highest BCUT2D eigenvalue weighted by atomic mass is 32.1. The monoisotopic (exact) mass is 811 g/mol. The third kappa shape index (κ3) is 6.22. The molecule has 7 heteroatoms. The van der Waals surface area contributed by atoms with Crippen molar-refractivity contribution in [3.63, 3.8) is 0 Å². The Morgan fingerprint density at radius 3 is 1.69 bits per heavy atom. The van der Waals surface area contributed by atoms with Crippen LogP contribution in [0, 0.1) is 0 Å². The van der Waals surface area contributed by atoms with Crippen LogP contribution in [-0.2, 0) is 0 Å².